The number of halogens is 1. The topological polar surface area (TPSA) is 102 Å². The Kier molecular flexibility index (Phi) is 7.23. The first-order valence-electron chi connectivity index (χ1n) is 10.6. The maximum Gasteiger partial charge on any atom is 0.341 e. The Morgan fingerprint density at radius 3 is 2.40 bits per heavy atom. The number of hydrogen-bond acceptors (Lipinski definition) is 5. The third-order valence-electron chi connectivity index (χ3n) is 5.12. The molecule has 35 heavy (non-hydrogen) atoms. The van der Waals surface area contributed by atoms with Crippen LogP contribution >= 0.6 is 0 Å². The van der Waals surface area contributed by atoms with E-state index < -0.39 is 28.4 Å². The molecule has 8 nitrogen and oxygen atoms in total. The normalized spacial score (nSPS) is 11.5. The first-order chi connectivity index (χ1) is 16.8. The Labute approximate surface area is 201 Å². The van der Waals surface area contributed by atoms with Crippen molar-refractivity contribution in [3.8, 4) is 11.4 Å². The molecular weight excluding hydrogens is 473 g/mol. The molecule has 0 fully saturated rings. The SMILES string of the molecule is O=C(O)COc1cccc(CN(Cc2ccc(-n3cccn3)cc2)S(=O)(=O)c2cccc(F)c2)c1. The van der Waals surface area contributed by atoms with Crippen molar-refractivity contribution in [1.29, 1.82) is 0 Å². The Balaban J connectivity index is 1.63. The van der Waals surface area contributed by atoms with Gasteiger partial charge >= 0.3 is 5.97 Å². The van der Waals surface area contributed by atoms with Crippen LogP contribution in [0.5, 0.6) is 5.75 Å². The van der Waals surface area contributed by atoms with Gasteiger partial charge in [-0.05, 0) is 59.7 Å². The van der Waals surface area contributed by atoms with Crippen molar-refractivity contribution in [2.45, 2.75) is 18.0 Å². The summed E-state index contributed by atoms with van der Waals surface area (Å²) in [4.78, 5) is 10.6. The highest BCUT2D eigenvalue weighted by Gasteiger charge is 2.25. The van der Waals surface area contributed by atoms with E-state index >= 15 is 0 Å². The standard InChI is InChI=1S/C25H22FN3O5S/c26-21-5-2-7-24(15-21)35(32,33)28(17-20-4-1-6-23(14-20)34-18-25(30)31)16-19-8-10-22(11-9-19)29-13-3-12-27-29/h1-15H,16-18H2,(H,30,31). The van der Waals surface area contributed by atoms with Gasteiger partial charge < -0.3 is 9.84 Å². The van der Waals surface area contributed by atoms with Crippen molar-refractivity contribution in [3.05, 3.63) is 108 Å². The second-order valence-electron chi connectivity index (χ2n) is 7.68. The second kappa shape index (κ2) is 10.5. The molecule has 0 radical (unpaired) electrons. The van der Waals surface area contributed by atoms with Gasteiger partial charge in [0.1, 0.15) is 11.6 Å². The Morgan fingerprint density at radius 2 is 1.71 bits per heavy atom. The number of aliphatic carboxylic acids is 1. The number of benzene rings is 3. The van der Waals surface area contributed by atoms with E-state index in [9.17, 15) is 17.6 Å². The van der Waals surface area contributed by atoms with Gasteiger partial charge in [0.25, 0.3) is 0 Å². The maximum absolute atomic E-state index is 13.8. The van der Waals surface area contributed by atoms with Gasteiger partial charge in [0.2, 0.25) is 10.0 Å². The molecule has 0 saturated heterocycles. The number of nitrogens with zero attached hydrogens (tertiary/aromatic N) is 3. The molecule has 0 unspecified atom stereocenters. The molecule has 0 atom stereocenters. The van der Waals surface area contributed by atoms with Crippen molar-refractivity contribution in [3.63, 3.8) is 0 Å². The molecule has 0 bridgehead atoms. The number of carboxylic acids is 1. The van der Waals surface area contributed by atoms with Gasteiger partial charge in [0.05, 0.1) is 10.6 Å². The summed E-state index contributed by atoms with van der Waals surface area (Å²) in [6.07, 6.45) is 3.46. The third kappa shape index (κ3) is 6.11. The summed E-state index contributed by atoms with van der Waals surface area (Å²) < 4.78 is 48.9. The molecule has 4 rings (SSSR count). The van der Waals surface area contributed by atoms with Crippen molar-refractivity contribution in [1.82, 2.24) is 14.1 Å². The van der Waals surface area contributed by atoms with Gasteiger partial charge in [-0.1, -0.05) is 30.3 Å². The molecule has 180 valence electrons. The number of hydrogen-bond donors (Lipinski definition) is 1. The van der Waals surface area contributed by atoms with Gasteiger partial charge in [-0.2, -0.15) is 9.40 Å². The van der Waals surface area contributed by atoms with E-state index in [2.05, 4.69) is 5.10 Å². The van der Waals surface area contributed by atoms with E-state index in [1.165, 1.54) is 22.5 Å². The lowest BCUT2D eigenvalue weighted by Crippen LogP contribution is -2.30. The summed E-state index contributed by atoms with van der Waals surface area (Å²) in [5.41, 5.74) is 2.13. The predicted molar refractivity (Wildman–Crippen MR) is 126 cm³/mol. The van der Waals surface area contributed by atoms with Crippen molar-refractivity contribution in [2.75, 3.05) is 6.61 Å². The molecule has 0 aliphatic rings. The Morgan fingerprint density at radius 1 is 0.971 bits per heavy atom. The van der Waals surface area contributed by atoms with Crippen LogP contribution in [0.25, 0.3) is 5.69 Å². The Bertz CT molecular complexity index is 1410. The number of carboxylic acid groups (broad SMARTS) is 1. The average Bonchev–Trinajstić information content (AvgIpc) is 3.38. The first-order valence-corrected chi connectivity index (χ1v) is 12.0. The molecule has 1 aromatic heterocycles. The maximum atomic E-state index is 13.8. The molecule has 3 aromatic carbocycles. The fraction of sp³-hybridized carbons (Fsp3) is 0.120. The summed E-state index contributed by atoms with van der Waals surface area (Å²) >= 11 is 0. The summed E-state index contributed by atoms with van der Waals surface area (Å²) in [5, 5.41) is 13.0. The summed E-state index contributed by atoms with van der Waals surface area (Å²) in [5.74, 6) is -1.47. The van der Waals surface area contributed by atoms with E-state index in [0.29, 0.717) is 11.3 Å². The van der Waals surface area contributed by atoms with E-state index in [4.69, 9.17) is 9.84 Å². The van der Waals surface area contributed by atoms with Crippen LogP contribution in [0, 0.1) is 5.82 Å². The smallest absolute Gasteiger partial charge is 0.341 e. The van der Waals surface area contributed by atoms with E-state index in [0.717, 1.165) is 17.3 Å². The van der Waals surface area contributed by atoms with Gasteiger partial charge in [-0.25, -0.2) is 22.3 Å². The summed E-state index contributed by atoms with van der Waals surface area (Å²) in [7, 11) is -4.07. The van der Waals surface area contributed by atoms with E-state index in [1.54, 1.807) is 59.5 Å². The summed E-state index contributed by atoms with van der Waals surface area (Å²) in [6, 6.07) is 20.5. The minimum atomic E-state index is -4.07. The lowest BCUT2D eigenvalue weighted by Gasteiger charge is -2.23. The highest BCUT2D eigenvalue weighted by Crippen LogP contribution is 2.24. The molecule has 0 aliphatic heterocycles. The molecule has 10 heteroatoms. The van der Waals surface area contributed by atoms with Crippen LogP contribution in [0.1, 0.15) is 11.1 Å². The minimum Gasteiger partial charge on any atom is -0.482 e. The molecule has 4 aromatic rings. The van der Waals surface area contributed by atoms with Crippen LogP contribution in [0.4, 0.5) is 4.39 Å². The lowest BCUT2D eigenvalue weighted by molar-refractivity contribution is -0.139. The molecule has 0 aliphatic carbocycles. The molecular formula is C25H22FN3O5S. The molecule has 0 amide bonds. The average molecular weight is 496 g/mol. The fourth-order valence-electron chi connectivity index (χ4n) is 3.46. The predicted octanol–water partition coefficient (Wildman–Crippen LogP) is 3.87. The van der Waals surface area contributed by atoms with Crippen LogP contribution in [0.2, 0.25) is 0 Å². The number of rotatable bonds is 10. The van der Waals surface area contributed by atoms with Crippen LogP contribution in [-0.2, 0) is 27.9 Å². The number of sulfonamides is 1. The van der Waals surface area contributed by atoms with Crippen molar-refractivity contribution >= 4 is 16.0 Å². The molecule has 1 N–H and O–H groups in total. The zero-order chi connectivity index (χ0) is 24.8. The molecule has 0 spiro atoms. The number of carbonyl (C=O) groups is 1. The number of ether oxygens (including phenoxy) is 1. The first kappa shape index (κ1) is 24.1. The van der Waals surface area contributed by atoms with Crippen LogP contribution in [0.15, 0.2) is 96.2 Å². The van der Waals surface area contributed by atoms with Crippen molar-refractivity contribution < 1.29 is 27.4 Å². The lowest BCUT2D eigenvalue weighted by atomic mass is 10.2. The van der Waals surface area contributed by atoms with Crippen LogP contribution < -0.4 is 4.74 Å². The molecule has 1 heterocycles. The number of aromatic nitrogens is 2. The molecule has 0 saturated carbocycles. The van der Waals surface area contributed by atoms with Gasteiger partial charge in [0, 0.05) is 25.5 Å². The zero-order valence-corrected chi connectivity index (χ0v) is 19.3. The summed E-state index contributed by atoms with van der Waals surface area (Å²) in [6.45, 7) is -0.528. The van der Waals surface area contributed by atoms with E-state index in [-0.39, 0.29) is 18.0 Å². The van der Waals surface area contributed by atoms with Crippen molar-refractivity contribution in [2.24, 2.45) is 0 Å². The minimum absolute atomic E-state index is 0.0262. The largest absolute Gasteiger partial charge is 0.482 e. The van der Waals surface area contributed by atoms with E-state index in [1.807, 2.05) is 12.1 Å². The van der Waals surface area contributed by atoms with Gasteiger partial charge in [0.15, 0.2) is 6.61 Å². The highest BCUT2D eigenvalue weighted by molar-refractivity contribution is 7.89. The van der Waals surface area contributed by atoms with Gasteiger partial charge in [-0.3, -0.25) is 0 Å². The highest BCUT2D eigenvalue weighted by atomic mass is 32.2. The monoisotopic (exact) mass is 495 g/mol. The van der Waals surface area contributed by atoms with Crippen LogP contribution in [0.3, 0.4) is 0 Å². The third-order valence-corrected chi connectivity index (χ3v) is 6.91. The van der Waals surface area contributed by atoms with Gasteiger partial charge in [-0.15, -0.1) is 0 Å². The quantitative estimate of drug-likeness (QED) is 0.358. The second-order valence-corrected chi connectivity index (χ2v) is 9.62. The van der Waals surface area contributed by atoms with Crippen LogP contribution in [-0.4, -0.2) is 40.2 Å². The zero-order valence-electron chi connectivity index (χ0n) is 18.5. The Hall–Kier alpha value is -4.02. The fourth-order valence-corrected chi connectivity index (χ4v) is 4.91.